The van der Waals surface area contributed by atoms with Gasteiger partial charge in [0.15, 0.2) is 5.65 Å². The quantitative estimate of drug-likeness (QED) is 0.526. The van der Waals surface area contributed by atoms with Crippen LogP contribution in [-0.2, 0) is 0 Å². The van der Waals surface area contributed by atoms with Crippen molar-refractivity contribution in [2.75, 3.05) is 5.73 Å². The molecule has 1 fully saturated rings. The first kappa shape index (κ1) is 17.6. The molecule has 29 heavy (non-hydrogen) atoms. The Bertz CT molecular complexity index is 1140. The largest absolute Gasteiger partial charge is 0.457 e. The standard InChI is InChI=1S/C23H21N5O/c24-21-19-20(15-10-12-18(13-11-15)29-17-8-2-1-3-9-17)27-22(16-6-4-5-7-16)28-23(19)26-14-25-21/h1-3,8-14,16H,4-7H2,(H2,24,25,26,27,28). The number of nitrogen functional groups attached to an aromatic ring is 1. The van der Waals surface area contributed by atoms with Gasteiger partial charge in [0.25, 0.3) is 0 Å². The van der Waals surface area contributed by atoms with Crippen molar-refractivity contribution in [3.8, 4) is 22.8 Å². The Balaban J connectivity index is 1.56. The van der Waals surface area contributed by atoms with Gasteiger partial charge in [0, 0.05) is 11.5 Å². The van der Waals surface area contributed by atoms with Crippen LogP contribution in [-0.4, -0.2) is 19.9 Å². The predicted molar refractivity (Wildman–Crippen MR) is 113 cm³/mol. The number of nitrogens with zero attached hydrogens (tertiary/aromatic N) is 4. The Morgan fingerprint density at radius 3 is 2.31 bits per heavy atom. The fourth-order valence-electron chi connectivity index (χ4n) is 3.89. The number of para-hydroxylation sites is 1. The van der Waals surface area contributed by atoms with Gasteiger partial charge in [-0.3, -0.25) is 0 Å². The summed E-state index contributed by atoms with van der Waals surface area (Å²) >= 11 is 0. The van der Waals surface area contributed by atoms with E-state index in [1.807, 2.05) is 54.6 Å². The van der Waals surface area contributed by atoms with Crippen LogP contribution in [0.4, 0.5) is 5.82 Å². The Kier molecular flexibility index (Phi) is 4.52. The number of hydrogen-bond acceptors (Lipinski definition) is 6. The van der Waals surface area contributed by atoms with Gasteiger partial charge in [0.05, 0.1) is 11.1 Å². The number of fused-ring (bicyclic) bond motifs is 1. The number of ether oxygens (including phenoxy) is 1. The van der Waals surface area contributed by atoms with Crippen LogP contribution < -0.4 is 10.5 Å². The van der Waals surface area contributed by atoms with Crippen LogP contribution in [0.15, 0.2) is 60.9 Å². The van der Waals surface area contributed by atoms with Crippen LogP contribution >= 0.6 is 0 Å². The van der Waals surface area contributed by atoms with Gasteiger partial charge in [-0.25, -0.2) is 19.9 Å². The second-order valence-corrected chi connectivity index (χ2v) is 7.31. The SMILES string of the molecule is Nc1ncnc2nc(C3CCCC3)nc(-c3ccc(Oc4ccccc4)cc3)c12. The Morgan fingerprint density at radius 1 is 0.828 bits per heavy atom. The molecule has 2 aromatic carbocycles. The first-order valence-corrected chi connectivity index (χ1v) is 9.89. The molecule has 144 valence electrons. The average molecular weight is 383 g/mol. The third kappa shape index (κ3) is 3.49. The maximum atomic E-state index is 6.17. The van der Waals surface area contributed by atoms with Crippen molar-refractivity contribution in [2.45, 2.75) is 31.6 Å². The molecule has 0 amide bonds. The zero-order chi connectivity index (χ0) is 19.6. The van der Waals surface area contributed by atoms with Crippen LogP contribution in [0.3, 0.4) is 0 Å². The van der Waals surface area contributed by atoms with Crippen LogP contribution in [0.1, 0.15) is 37.4 Å². The van der Waals surface area contributed by atoms with E-state index in [-0.39, 0.29) is 0 Å². The fraction of sp³-hybridized carbons (Fsp3) is 0.217. The number of benzene rings is 2. The van der Waals surface area contributed by atoms with E-state index in [4.69, 9.17) is 20.4 Å². The lowest BCUT2D eigenvalue weighted by Gasteiger charge is -2.13. The summed E-state index contributed by atoms with van der Waals surface area (Å²) in [6, 6.07) is 17.6. The summed E-state index contributed by atoms with van der Waals surface area (Å²) in [6.07, 6.45) is 6.14. The summed E-state index contributed by atoms with van der Waals surface area (Å²) in [5.41, 5.74) is 8.50. The molecule has 6 heteroatoms. The number of anilines is 1. The Morgan fingerprint density at radius 2 is 1.55 bits per heavy atom. The van der Waals surface area contributed by atoms with E-state index in [2.05, 4.69) is 9.97 Å². The van der Waals surface area contributed by atoms with E-state index in [1.165, 1.54) is 19.2 Å². The molecule has 0 unspecified atom stereocenters. The summed E-state index contributed by atoms with van der Waals surface area (Å²) < 4.78 is 5.90. The lowest BCUT2D eigenvalue weighted by Crippen LogP contribution is -2.06. The van der Waals surface area contributed by atoms with E-state index in [0.29, 0.717) is 22.8 Å². The van der Waals surface area contributed by atoms with Crippen LogP contribution in [0.5, 0.6) is 11.5 Å². The molecule has 0 spiro atoms. The predicted octanol–water partition coefficient (Wildman–Crippen LogP) is 5.12. The number of rotatable bonds is 4. The van der Waals surface area contributed by atoms with Gasteiger partial charge in [-0.1, -0.05) is 31.0 Å². The minimum Gasteiger partial charge on any atom is -0.457 e. The zero-order valence-corrected chi connectivity index (χ0v) is 16.0. The normalized spacial score (nSPS) is 14.3. The first-order chi connectivity index (χ1) is 14.3. The van der Waals surface area contributed by atoms with Crippen LogP contribution in [0, 0.1) is 0 Å². The van der Waals surface area contributed by atoms with Crippen molar-refractivity contribution in [2.24, 2.45) is 0 Å². The van der Waals surface area contributed by atoms with E-state index >= 15 is 0 Å². The molecule has 1 saturated carbocycles. The van der Waals surface area contributed by atoms with Gasteiger partial charge in [-0.15, -0.1) is 0 Å². The van der Waals surface area contributed by atoms with Crippen LogP contribution in [0.25, 0.3) is 22.3 Å². The molecule has 2 heterocycles. The number of hydrogen-bond donors (Lipinski definition) is 1. The van der Waals surface area contributed by atoms with Gasteiger partial charge >= 0.3 is 0 Å². The molecule has 2 aromatic heterocycles. The van der Waals surface area contributed by atoms with Gasteiger partial charge in [-0.05, 0) is 49.2 Å². The van der Waals surface area contributed by atoms with Crippen molar-refractivity contribution in [3.05, 3.63) is 66.7 Å². The first-order valence-electron chi connectivity index (χ1n) is 9.89. The third-order valence-corrected chi connectivity index (χ3v) is 5.37. The topological polar surface area (TPSA) is 86.8 Å². The van der Waals surface area contributed by atoms with Gasteiger partial charge in [-0.2, -0.15) is 0 Å². The highest BCUT2D eigenvalue weighted by molar-refractivity contribution is 5.97. The highest BCUT2D eigenvalue weighted by atomic mass is 16.5. The summed E-state index contributed by atoms with van der Waals surface area (Å²) in [5, 5.41) is 0.700. The summed E-state index contributed by atoms with van der Waals surface area (Å²) in [6.45, 7) is 0. The molecule has 1 aliphatic carbocycles. The van der Waals surface area contributed by atoms with E-state index in [9.17, 15) is 0 Å². The summed E-state index contributed by atoms with van der Waals surface area (Å²) in [4.78, 5) is 18.1. The molecule has 4 aromatic rings. The minimum absolute atomic E-state index is 0.384. The average Bonchev–Trinajstić information content (AvgIpc) is 3.30. The second-order valence-electron chi connectivity index (χ2n) is 7.31. The molecule has 0 radical (unpaired) electrons. The molecule has 0 atom stereocenters. The van der Waals surface area contributed by atoms with Gasteiger partial charge in [0.1, 0.15) is 29.5 Å². The molecule has 5 rings (SSSR count). The van der Waals surface area contributed by atoms with E-state index in [0.717, 1.165) is 41.4 Å². The van der Waals surface area contributed by atoms with Crippen molar-refractivity contribution in [1.29, 1.82) is 0 Å². The minimum atomic E-state index is 0.384. The summed E-state index contributed by atoms with van der Waals surface area (Å²) in [7, 11) is 0. The zero-order valence-electron chi connectivity index (χ0n) is 16.0. The molecule has 0 aliphatic heterocycles. The highest BCUT2D eigenvalue weighted by Crippen LogP contribution is 2.36. The van der Waals surface area contributed by atoms with Crippen molar-refractivity contribution in [1.82, 2.24) is 19.9 Å². The summed E-state index contributed by atoms with van der Waals surface area (Å²) in [5.74, 6) is 3.20. The Hall–Kier alpha value is -3.54. The molecule has 6 nitrogen and oxygen atoms in total. The third-order valence-electron chi connectivity index (χ3n) is 5.37. The lowest BCUT2D eigenvalue weighted by molar-refractivity contribution is 0.483. The van der Waals surface area contributed by atoms with E-state index in [1.54, 1.807) is 0 Å². The Labute approximate surface area is 168 Å². The fourth-order valence-corrected chi connectivity index (χ4v) is 3.89. The lowest BCUT2D eigenvalue weighted by atomic mass is 10.0. The van der Waals surface area contributed by atoms with Gasteiger partial charge < -0.3 is 10.5 Å². The number of aromatic nitrogens is 4. The molecule has 0 bridgehead atoms. The second kappa shape index (κ2) is 7.47. The van der Waals surface area contributed by atoms with Crippen molar-refractivity contribution in [3.63, 3.8) is 0 Å². The maximum absolute atomic E-state index is 6.17. The van der Waals surface area contributed by atoms with E-state index < -0.39 is 0 Å². The molecular weight excluding hydrogens is 362 g/mol. The molecular formula is C23H21N5O. The monoisotopic (exact) mass is 383 g/mol. The highest BCUT2D eigenvalue weighted by Gasteiger charge is 2.23. The van der Waals surface area contributed by atoms with Crippen molar-refractivity contribution >= 4 is 16.9 Å². The molecule has 2 N–H and O–H groups in total. The molecule has 0 saturated heterocycles. The smallest absolute Gasteiger partial charge is 0.168 e. The van der Waals surface area contributed by atoms with Crippen LogP contribution in [0.2, 0.25) is 0 Å². The number of nitrogens with two attached hydrogens (primary N) is 1. The van der Waals surface area contributed by atoms with Gasteiger partial charge in [0.2, 0.25) is 0 Å². The molecule has 1 aliphatic rings. The maximum Gasteiger partial charge on any atom is 0.168 e. The van der Waals surface area contributed by atoms with Crippen molar-refractivity contribution < 1.29 is 4.74 Å².